The van der Waals surface area contributed by atoms with Crippen LogP contribution in [-0.2, 0) is 22.2 Å². The van der Waals surface area contributed by atoms with E-state index in [1.54, 1.807) is 12.1 Å². The van der Waals surface area contributed by atoms with Gasteiger partial charge in [0.25, 0.3) is 5.91 Å². The minimum Gasteiger partial charge on any atom is -0.308 e. The molecule has 6 nitrogen and oxygen atoms in total. The molecule has 35 heavy (non-hydrogen) atoms. The summed E-state index contributed by atoms with van der Waals surface area (Å²) in [5.74, 6) is -0.0969. The van der Waals surface area contributed by atoms with Crippen molar-refractivity contribution in [2.45, 2.75) is 26.0 Å². The van der Waals surface area contributed by atoms with Crippen molar-refractivity contribution in [3.8, 4) is 11.3 Å². The number of hydrogen-bond donors (Lipinski definition) is 1. The maximum atomic E-state index is 13.2. The maximum absolute atomic E-state index is 13.2. The molecule has 0 saturated carbocycles. The topological polar surface area (TPSA) is 79.4 Å². The largest absolute Gasteiger partial charge is 0.308 e. The van der Waals surface area contributed by atoms with Gasteiger partial charge in [-0.25, -0.2) is 13.4 Å². The Morgan fingerprint density at radius 3 is 2.54 bits per heavy atom. The lowest BCUT2D eigenvalue weighted by molar-refractivity contribution is 0.0989. The molecule has 0 atom stereocenters. The smallest absolute Gasteiger partial charge is 0.258 e. The minimum atomic E-state index is -3.58. The standard InChI is InChI=1S/C27H25N3O3S2/c1-18-8-6-7-11-23(18)26(31)30-15-14-21-16-22(12-13-24(21)30)25-19(2)34-27(28-25)29-35(32,33)17-20-9-4-3-5-10-20/h3-13,16H,14-15,17H2,1-2H3,(H,28,29). The zero-order valence-corrected chi connectivity index (χ0v) is 21.1. The zero-order chi connectivity index (χ0) is 24.6. The van der Waals surface area contributed by atoms with Crippen LogP contribution in [-0.4, -0.2) is 25.9 Å². The van der Waals surface area contributed by atoms with Crippen LogP contribution >= 0.6 is 11.3 Å². The number of benzene rings is 3. The van der Waals surface area contributed by atoms with Gasteiger partial charge < -0.3 is 4.90 Å². The van der Waals surface area contributed by atoms with Gasteiger partial charge in [-0.05, 0) is 55.2 Å². The lowest BCUT2D eigenvalue weighted by Gasteiger charge is -2.18. The van der Waals surface area contributed by atoms with Gasteiger partial charge in [0.2, 0.25) is 10.0 Å². The van der Waals surface area contributed by atoms with Crippen molar-refractivity contribution in [2.24, 2.45) is 0 Å². The fourth-order valence-corrected chi connectivity index (χ4v) is 6.64. The Morgan fingerprint density at radius 1 is 1.03 bits per heavy atom. The molecule has 1 aliphatic heterocycles. The summed E-state index contributed by atoms with van der Waals surface area (Å²) < 4.78 is 27.9. The molecule has 1 aromatic heterocycles. The third-order valence-electron chi connectivity index (χ3n) is 6.11. The predicted octanol–water partition coefficient (Wildman–Crippen LogP) is 5.57. The van der Waals surface area contributed by atoms with Gasteiger partial charge in [-0.15, -0.1) is 11.3 Å². The Balaban J connectivity index is 1.37. The van der Waals surface area contributed by atoms with Gasteiger partial charge in [0.15, 0.2) is 5.13 Å². The third kappa shape index (κ3) is 4.85. The Kier molecular flexibility index (Phi) is 6.17. The second-order valence-electron chi connectivity index (χ2n) is 8.64. The van der Waals surface area contributed by atoms with Gasteiger partial charge in [-0.1, -0.05) is 54.6 Å². The van der Waals surface area contributed by atoms with E-state index >= 15 is 0 Å². The molecule has 0 fully saturated rings. The average Bonchev–Trinajstić information content (AvgIpc) is 3.41. The molecule has 0 bridgehead atoms. The normalized spacial score (nSPS) is 13.0. The SMILES string of the molecule is Cc1ccccc1C(=O)N1CCc2cc(-c3nc(NS(=O)(=O)Cc4ccccc4)sc3C)ccc21. The van der Waals surface area contributed by atoms with Crippen LogP contribution in [0.5, 0.6) is 0 Å². The predicted molar refractivity (Wildman–Crippen MR) is 142 cm³/mol. The molecule has 8 heteroatoms. The number of aryl methyl sites for hydroxylation is 2. The van der Waals surface area contributed by atoms with E-state index in [1.807, 2.05) is 73.3 Å². The monoisotopic (exact) mass is 503 g/mol. The van der Waals surface area contributed by atoms with Crippen molar-refractivity contribution >= 4 is 38.1 Å². The van der Waals surface area contributed by atoms with Crippen molar-refractivity contribution in [1.29, 1.82) is 0 Å². The molecular formula is C27H25N3O3S2. The molecule has 0 unspecified atom stereocenters. The van der Waals surface area contributed by atoms with Crippen LogP contribution in [0.4, 0.5) is 10.8 Å². The minimum absolute atomic E-state index is 0.00884. The summed E-state index contributed by atoms with van der Waals surface area (Å²) in [6, 6.07) is 22.7. The highest BCUT2D eigenvalue weighted by Gasteiger charge is 2.27. The lowest BCUT2D eigenvalue weighted by Crippen LogP contribution is -2.29. The molecule has 4 aromatic rings. The Hall–Kier alpha value is -3.49. The van der Waals surface area contributed by atoms with E-state index in [-0.39, 0.29) is 11.7 Å². The quantitative estimate of drug-likeness (QED) is 0.373. The van der Waals surface area contributed by atoms with E-state index in [2.05, 4.69) is 15.8 Å². The first-order chi connectivity index (χ1) is 16.8. The number of sulfonamides is 1. The van der Waals surface area contributed by atoms with Crippen molar-refractivity contribution < 1.29 is 13.2 Å². The van der Waals surface area contributed by atoms with Crippen molar-refractivity contribution in [3.63, 3.8) is 0 Å². The first-order valence-electron chi connectivity index (χ1n) is 11.3. The molecule has 0 aliphatic carbocycles. The average molecular weight is 504 g/mol. The summed E-state index contributed by atoms with van der Waals surface area (Å²) in [4.78, 5) is 20.5. The van der Waals surface area contributed by atoms with E-state index in [0.717, 1.165) is 44.9 Å². The van der Waals surface area contributed by atoms with E-state index < -0.39 is 10.0 Å². The number of aromatic nitrogens is 1. The van der Waals surface area contributed by atoms with Crippen LogP contribution in [0.25, 0.3) is 11.3 Å². The number of hydrogen-bond acceptors (Lipinski definition) is 5. The summed E-state index contributed by atoms with van der Waals surface area (Å²) in [7, 11) is -3.58. The molecule has 1 aliphatic rings. The molecule has 1 amide bonds. The van der Waals surface area contributed by atoms with Crippen LogP contribution < -0.4 is 9.62 Å². The van der Waals surface area contributed by atoms with Crippen LogP contribution in [0.3, 0.4) is 0 Å². The lowest BCUT2D eigenvalue weighted by atomic mass is 10.0. The van der Waals surface area contributed by atoms with Crippen molar-refractivity contribution in [1.82, 2.24) is 4.98 Å². The van der Waals surface area contributed by atoms with Gasteiger partial charge in [-0.2, -0.15) is 0 Å². The van der Waals surface area contributed by atoms with E-state index in [1.165, 1.54) is 11.3 Å². The molecular weight excluding hydrogens is 478 g/mol. The van der Waals surface area contributed by atoms with Gasteiger partial charge >= 0.3 is 0 Å². The Morgan fingerprint density at radius 2 is 1.77 bits per heavy atom. The second kappa shape index (κ2) is 9.28. The number of nitrogens with one attached hydrogen (secondary N) is 1. The Bertz CT molecular complexity index is 1510. The first-order valence-corrected chi connectivity index (χ1v) is 13.8. The number of carbonyl (C=O) groups is 1. The highest BCUT2D eigenvalue weighted by molar-refractivity contribution is 7.92. The van der Waals surface area contributed by atoms with Gasteiger partial charge in [0.05, 0.1) is 11.4 Å². The van der Waals surface area contributed by atoms with E-state index in [0.29, 0.717) is 17.2 Å². The third-order valence-corrected chi connectivity index (χ3v) is 8.34. The number of nitrogens with zero attached hydrogens (tertiary/aromatic N) is 2. The molecule has 3 aromatic carbocycles. The number of anilines is 2. The van der Waals surface area contributed by atoms with Crippen LogP contribution in [0, 0.1) is 13.8 Å². The fourth-order valence-electron chi connectivity index (χ4n) is 4.39. The zero-order valence-electron chi connectivity index (χ0n) is 19.5. The first kappa shape index (κ1) is 23.3. The summed E-state index contributed by atoms with van der Waals surface area (Å²) in [5, 5.41) is 0.352. The van der Waals surface area contributed by atoms with Gasteiger partial charge in [0.1, 0.15) is 0 Å². The highest BCUT2D eigenvalue weighted by Crippen LogP contribution is 2.36. The van der Waals surface area contributed by atoms with Crippen molar-refractivity contribution in [3.05, 3.63) is 99.9 Å². The maximum Gasteiger partial charge on any atom is 0.258 e. The molecule has 1 N–H and O–H groups in total. The Labute approximate surface area is 209 Å². The number of carbonyl (C=O) groups excluding carboxylic acids is 1. The molecule has 5 rings (SSSR count). The molecule has 178 valence electrons. The highest BCUT2D eigenvalue weighted by atomic mass is 32.2. The summed E-state index contributed by atoms with van der Waals surface area (Å²) in [6.45, 7) is 4.51. The number of fused-ring (bicyclic) bond motifs is 1. The summed E-state index contributed by atoms with van der Waals surface area (Å²) in [5.41, 5.74) is 6.06. The molecule has 0 spiro atoms. The van der Waals surface area contributed by atoms with Crippen molar-refractivity contribution in [2.75, 3.05) is 16.2 Å². The molecule has 2 heterocycles. The number of rotatable bonds is 6. The number of amides is 1. The summed E-state index contributed by atoms with van der Waals surface area (Å²) >= 11 is 1.32. The van der Waals surface area contributed by atoms with Crippen LogP contribution in [0.1, 0.15) is 31.9 Å². The van der Waals surface area contributed by atoms with Crippen LogP contribution in [0.2, 0.25) is 0 Å². The number of thiazole rings is 1. The molecule has 0 radical (unpaired) electrons. The van der Waals surface area contributed by atoms with Crippen LogP contribution in [0.15, 0.2) is 72.8 Å². The summed E-state index contributed by atoms with van der Waals surface area (Å²) in [6.07, 6.45) is 0.764. The molecule has 0 saturated heterocycles. The van der Waals surface area contributed by atoms with Gasteiger partial charge in [-0.3, -0.25) is 9.52 Å². The second-order valence-corrected chi connectivity index (χ2v) is 11.6. The van der Waals surface area contributed by atoms with E-state index in [9.17, 15) is 13.2 Å². The fraction of sp³-hybridized carbons (Fsp3) is 0.185. The van der Waals surface area contributed by atoms with Gasteiger partial charge in [0, 0.05) is 28.2 Å². The van der Waals surface area contributed by atoms with E-state index in [4.69, 9.17) is 0 Å².